The zero-order chi connectivity index (χ0) is 31.2. The van der Waals surface area contributed by atoms with E-state index < -0.39 is 103 Å². The van der Waals surface area contributed by atoms with Gasteiger partial charge < -0.3 is 74.4 Å². The number of fused-ring (bicyclic) bond motifs is 1. The Kier molecular flexibility index (Phi) is 8.77. The number of hydrogen-bond acceptors (Lipinski definition) is 16. The molecule has 5 rings (SSSR count). The fourth-order valence-corrected chi connectivity index (χ4v) is 4.84. The van der Waals surface area contributed by atoms with E-state index in [1.54, 1.807) is 0 Å². The highest BCUT2D eigenvalue weighted by atomic mass is 16.7. The van der Waals surface area contributed by atoms with Crippen molar-refractivity contribution in [2.75, 3.05) is 13.2 Å². The summed E-state index contributed by atoms with van der Waals surface area (Å²) < 4.78 is 27.8. The molecule has 3 aromatic rings. The van der Waals surface area contributed by atoms with Gasteiger partial charge in [0.1, 0.15) is 77.0 Å². The van der Waals surface area contributed by atoms with Gasteiger partial charge in [-0.25, -0.2) is 0 Å². The summed E-state index contributed by atoms with van der Waals surface area (Å²) in [5, 5.41) is 101. The first kappa shape index (κ1) is 30.9. The number of phenolic OH excluding ortho intramolecular Hbond substituents is 3. The molecule has 2 saturated heterocycles. The average molecular weight is 611 g/mol. The summed E-state index contributed by atoms with van der Waals surface area (Å²) in [4.78, 5) is 13.6. The molecular weight excluding hydrogens is 580 g/mol. The molecule has 0 amide bonds. The second kappa shape index (κ2) is 12.2. The summed E-state index contributed by atoms with van der Waals surface area (Å²) in [6.45, 7) is -1.37. The lowest BCUT2D eigenvalue weighted by molar-refractivity contribution is -0.323. The predicted octanol–water partition coefficient (Wildman–Crippen LogP) is -2.42. The Labute approximate surface area is 241 Å². The van der Waals surface area contributed by atoms with E-state index in [4.69, 9.17) is 23.4 Å². The van der Waals surface area contributed by atoms with Crippen molar-refractivity contribution >= 4 is 11.0 Å². The van der Waals surface area contributed by atoms with E-state index in [-0.39, 0.29) is 22.7 Å². The molecule has 2 aromatic carbocycles. The number of phenols is 3. The zero-order valence-electron chi connectivity index (χ0n) is 22.1. The van der Waals surface area contributed by atoms with Crippen LogP contribution in [0.25, 0.3) is 22.3 Å². The van der Waals surface area contributed by atoms with E-state index in [0.717, 1.165) is 12.1 Å². The van der Waals surface area contributed by atoms with Crippen LogP contribution in [0.2, 0.25) is 0 Å². The smallest absolute Gasteiger partial charge is 0.239 e. The Bertz CT molecular complexity index is 1490. The lowest BCUT2D eigenvalue weighted by atomic mass is 9.98. The average Bonchev–Trinajstić information content (AvgIpc) is 2.97. The topological polar surface area (TPSA) is 269 Å². The summed E-state index contributed by atoms with van der Waals surface area (Å²) >= 11 is 0. The first-order valence-corrected chi connectivity index (χ1v) is 13.0. The Morgan fingerprint density at radius 3 is 1.98 bits per heavy atom. The maximum Gasteiger partial charge on any atom is 0.239 e. The molecule has 234 valence electrons. The van der Waals surface area contributed by atoms with Crippen LogP contribution in [-0.4, -0.2) is 126 Å². The van der Waals surface area contributed by atoms with Crippen molar-refractivity contribution in [3.63, 3.8) is 0 Å². The van der Waals surface area contributed by atoms with E-state index in [2.05, 4.69) is 0 Å². The Hall–Kier alpha value is -3.55. The maximum absolute atomic E-state index is 13.6. The molecule has 0 spiro atoms. The van der Waals surface area contributed by atoms with Crippen LogP contribution in [0.4, 0.5) is 0 Å². The van der Waals surface area contributed by atoms with Gasteiger partial charge in [-0.3, -0.25) is 4.79 Å². The molecule has 2 aliphatic rings. The van der Waals surface area contributed by atoms with E-state index in [1.807, 2.05) is 0 Å². The van der Waals surface area contributed by atoms with Gasteiger partial charge in [-0.05, 0) is 24.3 Å². The molecule has 0 radical (unpaired) electrons. The fraction of sp³-hybridized carbons (Fsp3) is 0.444. The van der Waals surface area contributed by atoms with Crippen molar-refractivity contribution in [3.05, 3.63) is 46.6 Å². The van der Waals surface area contributed by atoms with Gasteiger partial charge in [-0.1, -0.05) is 0 Å². The normalized spacial score (nSPS) is 33.0. The molecule has 43 heavy (non-hydrogen) atoms. The quantitative estimate of drug-likeness (QED) is 0.133. The van der Waals surface area contributed by atoms with Gasteiger partial charge in [0.05, 0.1) is 13.2 Å². The monoisotopic (exact) mass is 610 g/mol. The third kappa shape index (κ3) is 5.85. The van der Waals surface area contributed by atoms with E-state index >= 15 is 0 Å². The molecule has 1 aromatic heterocycles. The van der Waals surface area contributed by atoms with Crippen molar-refractivity contribution < 1.29 is 74.4 Å². The molecule has 0 bridgehead atoms. The summed E-state index contributed by atoms with van der Waals surface area (Å²) in [7, 11) is 0. The van der Waals surface area contributed by atoms with Crippen LogP contribution in [0.1, 0.15) is 0 Å². The summed E-state index contributed by atoms with van der Waals surface area (Å²) in [6.07, 6.45) is -17.1. The van der Waals surface area contributed by atoms with Crippen LogP contribution in [0.3, 0.4) is 0 Å². The minimum absolute atomic E-state index is 0.116. The Morgan fingerprint density at radius 2 is 1.33 bits per heavy atom. The van der Waals surface area contributed by atoms with Crippen molar-refractivity contribution in [1.29, 1.82) is 0 Å². The molecule has 16 nitrogen and oxygen atoms in total. The Morgan fingerprint density at radius 1 is 0.721 bits per heavy atom. The number of ether oxygens (including phenoxy) is 4. The predicted molar refractivity (Wildman–Crippen MR) is 140 cm³/mol. The number of aromatic hydroxyl groups is 3. The van der Waals surface area contributed by atoms with Gasteiger partial charge in [-0.2, -0.15) is 0 Å². The highest BCUT2D eigenvalue weighted by Gasteiger charge is 2.48. The fourth-order valence-electron chi connectivity index (χ4n) is 4.84. The molecule has 2 aliphatic heterocycles. The second-order valence-electron chi connectivity index (χ2n) is 10.1. The minimum atomic E-state index is -1.95. The van der Waals surface area contributed by atoms with Gasteiger partial charge in [-0.15, -0.1) is 0 Å². The number of aliphatic hydroxyl groups is 7. The van der Waals surface area contributed by atoms with E-state index in [1.165, 1.54) is 24.3 Å². The third-order valence-corrected chi connectivity index (χ3v) is 7.22. The van der Waals surface area contributed by atoms with Gasteiger partial charge >= 0.3 is 0 Å². The van der Waals surface area contributed by atoms with Crippen LogP contribution >= 0.6 is 0 Å². The number of benzene rings is 2. The summed E-state index contributed by atoms with van der Waals surface area (Å²) in [5.74, 6) is -2.07. The largest absolute Gasteiger partial charge is 0.508 e. The second-order valence-corrected chi connectivity index (χ2v) is 10.1. The molecule has 3 heterocycles. The standard InChI is InChI=1S/C27H30O16/c28-7-14-17(32)20(35)22(37)26(41-14)39-8-15-18(33)21(36)23(38)27(42-15)43-25-19(34)16-12(31)5-11(30)6-13(16)40-24(25)9-1-3-10(29)4-2-9/h1-6,14-15,17-18,20-23,26-33,35-38H,7-8H2/t14?,15?,17-,18-,20?,21?,22?,23?,26+,27-/m0/s1. The van der Waals surface area contributed by atoms with Crippen LogP contribution in [0, 0.1) is 0 Å². The number of aliphatic hydroxyl groups excluding tert-OH is 7. The van der Waals surface area contributed by atoms with Crippen molar-refractivity contribution in [1.82, 2.24) is 0 Å². The molecule has 10 atom stereocenters. The summed E-state index contributed by atoms with van der Waals surface area (Å²) in [5.41, 5.74) is -1.01. The summed E-state index contributed by atoms with van der Waals surface area (Å²) in [6, 6.07) is 7.25. The first-order valence-electron chi connectivity index (χ1n) is 13.0. The maximum atomic E-state index is 13.6. The Balaban J connectivity index is 1.45. The molecule has 2 fully saturated rings. The molecule has 10 N–H and O–H groups in total. The van der Waals surface area contributed by atoms with Crippen LogP contribution < -0.4 is 10.2 Å². The van der Waals surface area contributed by atoms with Crippen molar-refractivity contribution in [3.8, 4) is 34.3 Å². The molecule has 6 unspecified atom stereocenters. The number of rotatable bonds is 7. The lowest BCUT2D eigenvalue weighted by Gasteiger charge is -2.42. The molecular formula is C27H30O16. The lowest BCUT2D eigenvalue weighted by Crippen LogP contribution is -2.62. The highest BCUT2D eigenvalue weighted by Crippen LogP contribution is 2.37. The van der Waals surface area contributed by atoms with Gasteiger partial charge in [0.15, 0.2) is 12.1 Å². The molecule has 0 aliphatic carbocycles. The zero-order valence-corrected chi connectivity index (χ0v) is 22.1. The van der Waals surface area contributed by atoms with Gasteiger partial charge in [0.2, 0.25) is 17.5 Å². The van der Waals surface area contributed by atoms with Crippen LogP contribution in [0.5, 0.6) is 23.0 Å². The van der Waals surface area contributed by atoms with Crippen molar-refractivity contribution in [2.45, 2.75) is 61.4 Å². The van der Waals surface area contributed by atoms with Crippen molar-refractivity contribution in [2.24, 2.45) is 0 Å². The van der Waals surface area contributed by atoms with E-state index in [9.17, 15) is 55.9 Å². The molecule has 0 saturated carbocycles. The minimum Gasteiger partial charge on any atom is -0.508 e. The van der Waals surface area contributed by atoms with E-state index in [0.29, 0.717) is 0 Å². The van der Waals surface area contributed by atoms with Gasteiger partial charge in [0.25, 0.3) is 0 Å². The first-order chi connectivity index (χ1) is 20.4. The third-order valence-electron chi connectivity index (χ3n) is 7.22. The molecule has 16 heteroatoms. The number of hydrogen-bond donors (Lipinski definition) is 10. The van der Waals surface area contributed by atoms with Crippen LogP contribution in [-0.2, 0) is 14.2 Å². The van der Waals surface area contributed by atoms with Gasteiger partial charge in [0, 0.05) is 17.7 Å². The van der Waals surface area contributed by atoms with Crippen LogP contribution in [0.15, 0.2) is 45.6 Å². The SMILES string of the molecule is O=c1c(O[C@@H]2OC(CO[C@@H]3OC(CO)[C@H](O)C(O)C3O)[C@H](O)C(O)C2O)c(-c2ccc(O)cc2)oc2cc(O)cc(O)c12. The highest BCUT2D eigenvalue weighted by molar-refractivity contribution is 5.88.